The van der Waals surface area contributed by atoms with E-state index in [1.165, 1.54) is 24.8 Å². The van der Waals surface area contributed by atoms with Crippen LogP contribution in [0.3, 0.4) is 0 Å². The van der Waals surface area contributed by atoms with Crippen LogP contribution in [0.2, 0.25) is 0 Å². The normalized spacial score (nSPS) is 17.0. The van der Waals surface area contributed by atoms with Gasteiger partial charge >= 0.3 is 0 Å². The van der Waals surface area contributed by atoms with Crippen LogP contribution in [-0.4, -0.2) is 26.4 Å². The molecule has 1 saturated heterocycles. The molecule has 32 heavy (non-hydrogen) atoms. The number of piperidine rings is 1. The lowest BCUT2D eigenvalue weighted by Crippen LogP contribution is -2.37. The van der Waals surface area contributed by atoms with Crippen LogP contribution in [0.5, 0.6) is 0 Å². The van der Waals surface area contributed by atoms with Crippen molar-refractivity contribution in [2.24, 2.45) is 0 Å². The highest BCUT2D eigenvalue weighted by atomic mass is 32.2. The van der Waals surface area contributed by atoms with Crippen molar-refractivity contribution >= 4 is 10.0 Å². The van der Waals surface area contributed by atoms with Crippen LogP contribution in [-0.2, 0) is 10.0 Å². The maximum atomic E-state index is 13.3. The summed E-state index contributed by atoms with van der Waals surface area (Å²) in [6.07, 6.45) is 4.32. The van der Waals surface area contributed by atoms with E-state index in [0.29, 0.717) is 11.3 Å². The van der Waals surface area contributed by atoms with Crippen LogP contribution >= 0.6 is 0 Å². The summed E-state index contributed by atoms with van der Waals surface area (Å²) in [4.78, 5) is 2.83. The highest BCUT2D eigenvalue weighted by Gasteiger charge is 2.29. The number of hydrogen-bond donors (Lipinski definition) is 1. The van der Waals surface area contributed by atoms with Crippen molar-refractivity contribution in [2.45, 2.75) is 49.6 Å². The van der Waals surface area contributed by atoms with Crippen LogP contribution in [0.15, 0.2) is 89.8 Å². The molecule has 0 bridgehead atoms. The van der Waals surface area contributed by atoms with Gasteiger partial charge in [-0.05, 0) is 62.5 Å². The zero-order valence-electron chi connectivity index (χ0n) is 18.7. The molecule has 3 aromatic rings. The molecule has 168 valence electrons. The first kappa shape index (κ1) is 22.7. The molecule has 4 nitrogen and oxygen atoms in total. The Morgan fingerprint density at radius 3 is 1.94 bits per heavy atom. The molecule has 1 aliphatic rings. The molecule has 0 aromatic heterocycles. The summed E-state index contributed by atoms with van der Waals surface area (Å²) in [5, 5.41) is 0. The highest BCUT2D eigenvalue weighted by Crippen LogP contribution is 2.34. The minimum absolute atomic E-state index is 0.155. The summed E-state index contributed by atoms with van der Waals surface area (Å²) >= 11 is 0. The summed E-state index contributed by atoms with van der Waals surface area (Å²) in [6.45, 7) is 4.05. The van der Waals surface area contributed by atoms with E-state index >= 15 is 0 Å². The van der Waals surface area contributed by atoms with Gasteiger partial charge in [0.1, 0.15) is 0 Å². The third kappa shape index (κ3) is 5.66. The Balaban J connectivity index is 1.66. The van der Waals surface area contributed by atoms with Crippen LogP contribution in [0.1, 0.15) is 54.5 Å². The second kappa shape index (κ2) is 10.4. The van der Waals surface area contributed by atoms with Gasteiger partial charge < -0.3 is 0 Å². The molecule has 5 heteroatoms. The van der Waals surface area contributed by atoms with E-state index in [0.717, 1.165) is 24.2 Å². The first-order valence-electron chi connectivity index (χ1n) is 11.5. The van der Waals surface area contributed by atoms with Gasteiger partial charge in [-0.15, -0.1) is 0 Å². The van der Waals surface area contributed by atoms with Gasteiger partial charge in [0, 0.05) is 12.1 Å². The summed E-state index contributed by atoms with van der Waals surface area (Å²) in [6, 6.07) is 27.3. The van der Waals surface area contributed by atoms with Gasteiger partial charge in [0.25, 0.3) is 0 Å². The molecule has 0 amide bonds. The molecule has 0 spiro atoms. The lowest BCUT2D eigenvalue weighted by Gasteiger charge is -2.37. The SMILES string of the molecule is Cc1ccc(S(=O)(=O)N[C@@H](C[C@@H](c2ccccc2)N2CCCCC2)c2ccccc2)cc1. The number of nitrogens with one attached hydrogen (secondary N) is 1. The lowest BCUT2D eigenvalue weighted by atomic mass is 9.93. The van der Waals surface area contributed by atoms with E-state index in [1.54, 1.807) is 12.1 Å². The first-order chi connectivity index (χ1) is 15.5. The molecule has 0 aliphatic carbocycles. The minimum atomic E-state index is -3.65. The van der Waals surface area contributed by atoms with Gasteiger partial charge in [-0.2, -0.15) is 0 Å². The van der Waals surface area contributed by atoms with Crippen LogP contribution in [0.25, 0.3) is 0 Å². The maximum Gasteiger partial charge on any atom is 0.241 e. The number of likely N-dealkylation sites (tertiary alicyclic amines) is 1. The van der Waals surface area contributed by atoms with Crippen molar-refractivity contribution in [1.82, 2.24) is 9.62 Å². The Bertz CT molecular complexity index is 1080. The highest BCUT2D eigenvalue weighted by molar-refractivity contribution is 7.89. The molecule has 2 atom stereocenters. The molecule has 1 N–H and O–H groups in total. The Morgan fingerprint density at radius 2 is 1.34 bits per heavy atom. The lowest BCUT2D eigenvalue weighted by molar-refractivity contribution is 0.148. The summed E-state index contributed by atoms with van der Waals surface area (Å²) in [5.74, 6) is 0. The zero-order valence-corrected chi connectivity index (χ0v) is 19.5. The van der Waals surface area contributed by atoms with Gasteiger partial charge in [-0.25, -0.2) is 13.1 Å². The number of benzene rings is 3. The molecule has 0 radical (unpaired) electrons. The molecule has 1 heterocycles. The zero-order chi connectivity index (χ0) is 22.4. The van der Waals surface area contributed by atoms with E-state index < -0.39 is 10.0 Å². The Hall–Kier alpha value is -2.47. The second-order valence-electron chi connectivity index (χ2n) is 8.66. The third-order valence-corrected chi connectivity index (χ3v) is 7.79. The summed E-state index contributed by atoms with van der Waals surface area (Å²) in [5.41, 5.74) is 3.27. The summed E-state index contributed by atoms with van der Waals surface area (Å²) < 4.78 is 29.6. The summed E-state index contributed by atoms with van der Waals surface area (Å²) in [7, 11) is -3.65. The Kier molecular flexibility index (Phi) is 7.40. The van der Waals surface area contributed by atoms with Crippen molar-refractivity contribution < 1.29 is 8.42 Å². The molecule has 3 aromatic carbocycles. The van der Waals surface area contributed by atoms with E-state index in [9.17, 15) is 8.42 Å². The fraction of sp³-hybridized carbons (Fsp3) is 0.333. The Labute approximate surface area is 192 Å². The van der Waals surface area contributed by atoms with Crippen molar-refractivity contribution in [1.29, 1.82) is 0 Å². The molecule has 0 unspecified atom stereocenters. The van der Waals surface area contributed by atoms with Crippen molar-refractivity contribution in [3.05, 3.63) is 102 Å². The topological polar surface area (TPSA) is 49.4 Å². The Morgan fingerprint density at radius 1 is 0.781 bits per heavy atom. The fourth-order valence-corrected chi connectivity index (χ4v) is 5.77. The third-order valence-electron chi connectivity index (χ3n) is 6.31. The monoisotopic (exact) mass is 448 g/mol. The van der Waals surface area contributed by atoms with Crippen molar-refractivity contribution in [3.63, 3.8) is 0 Å². The molecule has 1 fully saturated rings. The average molecular weight is 449 g/mol. The van der Waals surface area contributed by atoms with Crippen molar-refractivity contribution in [3.8, 4) is 0 Å². The number of aryl methyl sites for hydroxylation is 1. The van der Waals surface area contributed by atoms with E-state index in [4.69, 9.17) is 0 Å². The molecular formula is C27H32N2O2S. The van der Waals surface area contributed by atoms with Crippen LogP contribution < -0.4 is 4.72 Å². The van der Waals surface area contributed by atoms with E-state index in [-0.39, 0.29) is 12.1 Å². The standard InChI is InChI=1S/C27H32N2O2S/c1-22-15-17-25(18-16-22)32(30,31)28-26(23-11-5-2-6-12-23)21-27(24-13-7-3-8-14-24)29-19-9-4-10-20-29/h2-3,5-8,11-18,26-28H,4,9-10,19-21H2,1H3/t26-,27-/m0/s1. The van der Waals surface area contributed by atoms with Gasteiger partial charge in [-0.1, -0.05) is 84.8 Å². The van der Waals surface area contributed by atoms with Crippen molar-refractivity contribution in [2.75, 3.05) is 13.1 Å². The number of nitrogens with zero attached hydrogens (tertiary/aromatic N) is 1. The minimum Gasteiger partial charge on any atom is -0.296 e. The molecule has 0 saturated carbocycles. The fourth-order valence-electron chi connectivity index (χ4n) is 4.53. The van der Waals surface area contributed by atoms with Crippen LogP contribution in [0, 0.1) is 6.92 Å². The maximum absolute atomic E-state index is 13.3. The largest absolute Gasteiger partial charge is 0.296 e. The van der Waals surface area contributed by atoms with E-state index in [1.807, 2.05) is 55.5 Å². The molecular weight excluding hydrogens is 416 g/mol. The van der Waals surface area contributed by atoms with E-state index in [2.05, 4.69) is 33.9 Å². The predicted octanol–water partition coefficient (Wildman–Crippen LogP) is 5.63. The quantitative estimate of drug-likeness (QED) is 0.486. The molecule has 1 aliphatic heterocycles. The smallest absolute Gasteiger partial charge is 0.241 e. The van der Waals surface area contributed by atoms with Crippen LogP contribution in [0.4, 0.5) is 0 Å². The van der Waals surface area contributed by atoms with Gasteiger partial charge in [0.2, 0.25) is 10.0 Å². The average Bonchev–Trinajstić information content (AvgIpc) is 2.83. The second-order valence-corrected chi connectivity index (χ2v) is 10.4. The number of hydrogen-bond acceptors (Lipinski definition) is 3. The first-order valence-corrected chi connectivity index (χ1v) is 12.9. The van der Waals surface area contributed by atoms with Gasteiger partial charge in [-0.3, -0.25) is 4.90 Å². The number of sulfonamides is 1. The molecule has 4 rings (SSSR count). The van der Waals surface area contributed by atoms with Gasteiger partial charge in [0.15, 0.2) is 0 Å². The predicted molar refractivity (Wildman–Crippen MR) is 130 cm³/mol. The van der Waals surface area contributed by atoms with Gasteiger partial charge in [0.05, 0.1) is 4.90 Å². The number of rotatable bonds is 8.